The molecule has 1 aromatic carbocycles. The predicted molar refractivity (Wildman–Crippen MR) is 101 cm³/mol. The second-order valence-electron chi connectivity index (χ2n) is 5.94. The highest BCUT2D eigenvalue weighted by Crippen LogP contribution is 2.32. The topological polar surface area (TPSA) is 46.6 Å². The van der Waals surface area contributed by atoms with Crippen LogP contribution in [0.4, 0.5) is 0 Å². The van der Waals surface area contributed by atoms with Crippen molar-refractivity contribution in [3.8, 4) is 0 Å². The van der Waals surface area contributed by atoms with Crippen LogP contribution < -0.4 is 0 Å². The molecule has 0 aliphatic carbocycles. The van der Waals surface area contributed by atoms with Gasteiger partial charge in [-0.2, -0.15) is 0 Å². The van der Waals surface area contributed by atoms with Gasteiger partial charge in [0.1, 0.15) is 10.9 Å². The van der Waals surface area contributed by atoms with E-state index in [0.29, 0.717) is 15.8 Å². The molecule has 0 N–H and O–H groups in total. The largest absolute Gasteiger partial charge is 0.464 e. The van der Waals surface area contributed by atoms with E-state index in [0.717, 1.165) is 12.0 Å². The zero-order chi connectivity index (χ0) is 17.7. The van der Waals surface area contributed by atoms with Crippen LogP contribution in [-0.4, -0.2) is 34.2 Å². The summed E-state index contributed by atoms with van der Waals surface area (Å²) in [5.74, 6) is -0.425. The van der Waals surface area contributed by atoms with E-state index in [1.54, 1.807) is 6.08 Å². The number of carbonyl (C=O) groups is 2. The first-order valence-corrected chi connectivity index (χ1v) is 9.13. The van der Waals surface area contributed by atoms with Gasteiger partial charge in [0.05, 0.1) is 11.5 Å². The minimum Gasteiger partial charge on any atom is -0.464 e. The van der Waals surface area contributed by atoms with E-state index in [1.165, 1.54) is 22.2 Å². The van der Waals surface area contributed by atoms with Crippen molar-refractivity contribution in [1.82, 2.24) is 4.90 Å². The number of amides is 1. The van der Waals surface area contributed by atoms with E-state index in [-0.39, 0.29) is 18.4 Å². The predicted octanol–water partition coefficient (Wildman–Crippen LogP) is 3.65. The summed E-state index contributed by atoms with van der Waals surface area (Å²) in [7, 11) is 0. The van der Waals surface area contributed by atoms with Gasteiger partial charge >= 0.3 is 5.97 Å². The molecule has 2 rings (SSSR count). The SMILES string of the molecule is CCc1ccc(/C=C2\SC(=S)N(CC(=O)OCC(C)C)C2=O)cc1. The Morgan fingerprint density at radius 2 is 2.00 bits per heavy atom. The fourth-order valence-corrected chi connectivity index (χ4v) is 3.33. The highest BCUT2D eigenvalue weighted by molar-refractivity contribution is 8.26. The molecule has 0 spiro atoms. The van der Waals surface area contributed by atoms with Crippen LogP contribution in [0.1, 0.15) is 31.9 Å². The molecular weight excluding hydrogens is 342 g/mol. The first-order valence-electron chi connectivity index (χ1n) is 7.90. The number of ether oxygens (including phenoxy) is 1. The average Bonchev–Trinajstić information content (AvgIpc) is 2.81. The second-order valence-corrected chi connectivity index (χ2v) is 7.62. The van der Waals surface area contributed by atoms with Crippen LogP contribution in [0.25, 0.3) is 6.08 Å². The van der Waals surface area contributed by atoms with Gasteiger partial charge in [0.15, 0.2) is 0 Å². The summed E-state index contributed by atoms with van der Waals surface area (Å²) >= 11 is 6.44. The third-order valence-corrected chi connectivity index (χ3v) is 4.80. The molecule has 1 aliphatic rings. The Morgan fingerprint density at radius 1 is 1.33 bits per heavy atom. The number of benzene rings is 1. The number of thioether (sulfide) groups is 1. The van der Waals surface area contributed by atoms with E-state index in [9.17, 15) is 9.59 Å². The Balaban J connectivity index is 2.04. The first-order chi connectivity index (χ1) is 11.4. The van der Waals surface area contributed by atoms with Gasteiger partial charge in [-0.15, -0.1) is 0 Å². The minimum absolute atomic E-state index is 0.135. The molecule has 1 aliphatic heterocycles. The molecule has 0 bridgehead atoms. The highest BCUT2D eigenvalue weighted by atomic mass is 32.2. The van der Waals surface area contributed by atoms with E-state index < -0.39 is 5.97 Å². The van der Waals surface area contributed by atoms with Crippen LogP contribution in [0, 0.1) is 5.92 Å². The molecule has 0 radical (unpaired) electrons. The Morgan fingerprint density at radius 3 is 2.58 bits per heavy atom. The Kier molecular flexibility index (Phi) is 6.57. The number of rotatable bonds is 6. The van der Waals surface area contributed by atoms with Crippen molar-refractivity contribution in [2.45, 2.75) is 27.2 Å². The van der Waals surface area contributed by atoms with E-state index in [1.807, 2.05) is 38.1 Å². The number of carbonyl (C=O) groups excluding carboxylic acids is 2. The zero-order valence-electron chi connectivity index (χ0n) is 14.1. The molecule has 0 atom stereocenters. The molecule has 4 nitrogen and oxygen atoms in total. The van der Waals surface area contributed by atoms with Crippen LogP contribution in [0.2, 0.25) is 0 Å². The van der Waals surface area contributed by atoms with Crippen LogP contribution in [0.3, 0.4) is 0 Å². The number of hydrogen-bond acceptors (Lipinski definition) is 5. The van der Waals surface area contributed by atoms with E-state index >= 15 is 0 Å². The number of hydrogen-bond donors (Lipinski definition) is 0. The molecule has 6 heteroatoms. The lowest BCUT2D eigenvalue weighted by atomic mass is 10.1. The fourth-order valence-electron chi connectivity index (χ4n) is 2.07. The van der Waals surface area contributed by atoms with Crippen molar-refractivity contribution in [3.63, 3.8) is 0 Å². The molecule has 0 saturated carbocycles. The van der Waals surface area contributed by atoms with Crippen molar-refractivity contribution in [1.29, 1.82) is 0 Å². The second kappa shape index (κ2) is 8.44. The van der Waals surface area contributed by atoms with Gasteiger partial charge in [-0.25, -0.2) is 0 Å². The molecule has 1 heterocycles. The van der Waals surface area contributed by atoms with Crippen molar-refractivity contribution in [2.24, 2.45) is 5.92 Å². The summed E-state index contributed by atoms with van der Waals surface area (Å²) in [4.78, 5) is 26.1. The molecule has 1 saturated heterocycles. The van der Waals surface area contributed by atoms with Gasteiger partial charge in [-0.05, 0) is 29.5 Å². The lowest BCUT2D eigenvalue weighted by Crippen LogP contribution is -2.34. The molecule has 1 amide bonds. The Labute approximate surface area is 152 Å². The van der Waals surface area contributed by atoms with Crippen molar-refractivity contribution >= 4 is 46.3 Å². The van der Waals surface area contributed by atoms with Crippen LogP contribution in [-0.2, 0) is 20.7 Å². The standard InChI is InChI=1S/C18H21NO3S2/c1-4-13-5-7-14(8-6-13)9-15-17(21)19(18(23)24-15)10-16(20)22-11-12(2)3/h5-9,12H,4,10-11H2,1-3H3/b15-9-. The molecule has 128 valence electrons. The van der Waals surface area contributed by atoms with Gasteiger partial charge in [-0.3, -0.25) is 14.5 Å². The molecular formula is C18H21NO3S2. The van der Waals surface area contributed by atoms with E-state index in [2.05, 4.69) is 6.92 Å². The first kappa shape index (κ1) is 18.7. The third kappa shape index (κ3) is 4.92. The maximum absolute atomic E-state index is 12.5. The molecule has 1 fully saturated rings. The monoisotopic (exact) mass is 363 g/mol. The Bertz CT molecular complexity index is 665. The summed E-state index contributed by atoms with van der Waals surface area (Å²) in [5.41, 5.74) is 2.18. The highest BCUT2D eigenvalue weighted by Gasteiger charge is 2.33. The zero-order valence-corrected chi connectivity index (χ0v) is 15.7. The number of aryl methyl sites for hydroxylation is 1. The van der Waals surface area contributed by atoms with Crippen molar-refractivity contribution < 1.29 is 14.3 Å². The quantitative estimate of drug-likeness (QED) is 0.439. The number of nitrogens with zero attached hydrogens (tertiary/aromatic N) is 1. The minimum atomic E-state index is -0.437. The van der Waals surface area contributed by atoms with Gasteiger partial charge in [0, 0.05) is 0 Å². The van der Waals surface area contributed by atoms with Gasteiger partial charge in [-0.1, -0.05) is 69.0 Å². The fraction of sp³-hybridized carbons (Fsp3) is 0.389. The summed E-state index contributed by atoms with van der Waals surface area (Å²) < 4.78 is 5.51. The van der Waals surface area contributed by atoms with Crippen molar-refractivity contribution in [2.75, 3.05) is 13.2 Å². The van der Waals surface area contributed by atoms with Crippen molar-refractivity contribution in [3.05, 3.63) is 40.3 Å². The van der Waals surface area contributed by atoms with Gasteiger partial charge < -0.3 is 4.74 Å². The van der Waals surface area contributed by atoms with Gasteiger partial charge in [0.2, 0.25) is 0 Å². The lowest BCUT2D eigenvalue weighted by molar-refractivity contribution is -0.147. The smallest absolute Gasteiger partial charge is 0.326 e. The molecule has 1 aromatic rings. The lowest BCUT2D eigenvalue weighted by Gasteiger charge is -2.14. The summed E-state index contributed by atoms with van der Waals surface area (Å²) in [6.45, 7) is 6.22. The number of thiocarbonyl (C=S) groups is 1. The summed E-state index contributed by atoms with van der Waals surface area (Å²) in [6.07, 6.45) is 2.78. The Hall–Kier alpha value is -1.66. The number of esters is 1. The third-order valence-electron chi connectivity index (χ3n) is 3.42. The van der Waals surface area contributed by atoms with Crippen LogP contribution in [0.15, 0.2) is 29.2 Å². The van der Waals surface area contributed by atoms with Gasteiger partial charge in [0.25, 0.3) is 5.91 Å². The maximum atomic E-state index is 12.5. The summed E-state index contributed by atoms with van der Waals surface area (Å²) in [6, 6.07) is 8.02. The van der Waals surface area contributed by atoms with Crippen LogP contribution >= 0.6 is 24.0 Å². The molecule has 0 aromatic heterocycles. The summed E-state index contributed by atoms with van der Waals surface area (Å²) in [5, 5.41) is 0. The van der Waals surface area contributed by atoms with E-state index in [4.69, 9.17) is 17.0 Å². The normalized spacial score (nSPS) is 16.3. The average molecular weight is 364 g/mol. The van der Waals surface area contributed by atoms with Crippen LogP contribution in [0.5, 0.6) is 0 Å². The molecule has 24 heavy (non-hydrogen) atoms. The molecule has 0 unspecified atom stereocenters. The maximum Gasteiger partial charge on any atom is 0.326 e.